The highest BCUT2D eigenvalue weighted by Gasteiger charge is 2.33. The predicted octanol–water partition coefficient (Wildman–Crippen LogP) is 7.98. The van der Waals surface area contributed by atoms with Gasteiger partial charge in [-0.2, -0.15) is 0 Å². The number of rotatable bonds is 20. The number of aliphatic hydroxyl groups is 2. The highest BCUT2D eigenvalue weighted by atomic mass is 16.5. The maximum Gasteiger partial charge on any atom is 0.333 e. The van der Waals surface area contributed by atoms with Gasteiger partial charge in [0.05, 0.1) is 25.2 Å². The summed E-state index contributed by atoms with van der Waals surface area (Å²) >= 11 is 0. The molecule has 7 heteroatoms. The molecule has 1 fully saturated rings. The summed E-state index contributed by atoms with van der Waals surface area (Å²) < 4.78 is 16.9. The number of esters is 2. The fourth-order valence-corrected chi connectivity index (χ4v) is 6.39. The molecule has 0 bridgehead atoms. The van der Waals surface area contributed by atoms with Crippen LogP contribution in [0.2, 0.25) is 0 Å². The molecule has 1 aliphatic rings. The van der Waals surface area contributed by atoms with Crippen LogP contribution in [-0.4, -0.2) is 55.2 Å². The molecule has 264 valence electrons. The molecule has 1 aliphatic carbocycles. The van der Waals surface area contributed by atoms with Crippen LogP contribution in [0.15, 0.2) is 60.7 Å². The molecule has 3 rings (SSSR count). The Labute approximate surface area is 288 Å². The van der Waals surface area contributed by atoms with Gasteiger partial charge in [-0.05, 0) is 97.7 Å². The molecule has 2 aromatic rings. The van der Waals surface area contributed by atoms with E-state index >= 15 is 0 Å². The smallest absolute Gasteiger partial charge is 0.333 e. The van der Waals surface area contributed by atoms with Crippen molar-refractivity contribution in [2.45, 2.75) is 98.3 Å². The molecule has 0 radical (unpaired) electrons. The average Bonchev–Trinajstić information content (AvgIpc) is 3.10. The van der Waals surface area contributed by atoms with E-state index in [1.807, 2.05) is 6.07 Å². The number of carbonyl (C=O) groups excluding carboxylic acids is 2. The van der Waals surface area contributed by atoms with Gasteiger partial charge in [0.2, 0.25) is 0 Å². The van der Waals surface area contributed by atoms with Crippen LogP contribution in [0.25, 0.3) is 11.1 Å². The van der Waals surface area contributed by atoms with Gasteiger partial charge in [0, 0.05) is 11.1 Å². The van der Waals surface area contributed by atoms with Crippen LogP contribution < -0.4 is 4.74 Å². The summed E-state index contributed by atoms with van der Waals surface area (Å²) in [5, 5.41) is 20.4. The molecule has 0 atom stereocenters. The lowest BCUT2D eigenvalue weighted by Crippen LogP contribution is -2.41. The quantitative estimate of drug-likeness (QED) is 0.0842. The second kappa shape index (κ2) is 19.5. The fraction of sp³-hybridized carbons (Fsp3) is 0.561. The molecule has 0 aliphatic heterocycles. The van der Waals surface area contributed by atoms with Crippen molar-refractivity contribution in [3.05, 3.63) is 77.4 Å². The van der Waals surface area contributed by atoms with E-state index in [4.69, 9.17) is 14.2 Å². The molecule has 0 saturated heterocycles. The number of ether oxygens (including phenoxy) is 3. The molecule has 2 aromatic carbocycles. The van der Waals surface area contributed by atoms with Crippen molar-refractivity contribution in [3.63, 3.8) is 0 Å². The number of aliphatic hydroxyl groups excluding tert-OH is 2. The number of aryl methyl sites for hydroxylation is 3. The van der Waals surface area contributed by atoms with E-state index in [-0.39, 0.29) is 25.4 Å². The van der Waals surface area contributed by atoms with Crippen LogP contribution in [0.5, 0.6) is 5.75 Å². The molecule has 0 aromatic heterocycles. The molecule has 0 amide bonds. The topological polar surface area (TPSA) is 102 Å². The van der Waals surface area contributed by atoms with Gasteiger partial charge < -0.3 is 24.4 Å². The summed E-state index contributed by atoms with van der Waals surface area (Å²) in [6.07, 6.45) is 12.4. The van der Waals surface area contributed by atoms with E-state index < -0.39 is 30.6 Å². The second-order valence-electron chi connectivity index (χ2n) is 13.9. The summed E-state index contributed by atoms with van der Waals surface area (Å²) in [6.45, 7) is 13.9. The van der Waals surface area contributed by atoms with Gasteiger partial charge >= 0.3 is 11.9 Å². The van der Waals surface area contributed by atoms with Crippen LogP contribution in [0.3, 0.4) is 0 Å². The number of hydrogen-bond acceptors (Lipinski definition) is 7. The van der Waals surface area contributed by atoms with E-state index in [0.717, 1.165) is 46.9 Å². The zero-order valence-electron chi connectivity index (χ0n) is 29.8. The lowest BCUT2D eigenvalue weighted by molar-refractivity contribution is -0.146. The van der Waals surface area contributed by atoms with Gasteiger partial charge in [0.15, 0.2) is 0 Å². The predicted molar refractivity (Wildman–Crippen MR) is 192 cm³/mol. The van der Waals surface area contributed by atoms with Crippen LogP contribution in [0.1, 0.15) is 95.8 Å². The van der Waals surface area contributed by atoms with Gasteiger partial charge in [0.1, 0.15) is 19.0 Å². The Morgan fingerprint density at radius 1 is 0.812 bits per heavy atom. The van der Waals surface area contributed by atoms with Crippen molar-refractivity contribution in [3.8, 4) is 16.9 Å². The fourth-order valence-electron chi connectivity index (χ4n) is 6.39. The Hall–Kier alpha value is -3.42. The van der Waals surface area contributed by atoms with Crippen LogP contribution in [0.4, 0.5) is 0 Å². The van der Waals surface area contributed by atoms with Crippen molar-refractivity contribution in [1.82, 2.24) is 0 Å². The van der Waals surface area contributed by atoms with Crippen molar-refractivity contribution in [2.24, 2.45) is 17.3 Å². The SMILES string of the molecule is C=C(C)C(=O)OCCCc1cc(-c2ccc(CCC3CCC(CCC)CC3)cc2)c(CC)cc1OCC(CO)(CO)COC(=O)C(=C)C. The Kier molecular flexibility index (Phi) is 15.9. The van der Waals surface area contributed by atoms with Gasteiger partial charge in [-0.15, -0.1) is 0 Å². The number of hydrogen-bond donors (Lipinski definition) is 2. The molecule has 48 heavy (non-hydrogen) atoms. The Morgan fingerprint density at radius 3 is 1.98 bits per heavy atom. The molecule has 0 spiro atoms. The van der Waals surface area contributed by atoms with Crippen molar-refractivity contribution in [1.29, 1.82) is 0 Å². The minimum absolute atomic E-state index is 0.0709. The molecule has 1 saturated carbocycles. The van der Waals surface area contributed by atoms with E-state index in [2.05, 4.69) is 57.3 Å². The zero-order valence-corrected chi connectivity index (χ0v) is 29.8. The summed E-state index contributed by atoms with van der Waals surface area (Å²) in [7, 11) is 0. The standard InChI is InChI=1S/C41H58O7/c1-7-10-31-12-14-32(15-13-31)16-17-33-18-20-35(21-19-33)37-23-36(11-9-22-46-39(44)29(3)4)38(24-34(37)8-2)47-27-41(25-42,26-43)28-48-40(45)30(5)6/h18-21,23-24,31-32,42-43H,3,5,7-17,22,25-28H2,1-2,4,6H3. The number of carbonyl (C=O) groups is 2. The van der Waals surface area contributed by atoms with Gasteiger partial charge in [0.25, 0.3) is 0 Å². The summed E-state index contributed by atoms with van der Waals surface area (Å²) in [5.74, 6) is 1.37. The average molecular weight is 663 g/mol. The molecule has 7 nitrogen and oxygen atoms in total. The Bertz CT molecular complexity index is 1350. The first-order valence-electron chi connectivity index (χ1n) is 17.8. The van der Waals surface area contributed by atoms with Crippen LogP contribution in [-0.2, 0) is 38.3 Å². The second-order valence-corrected chi connectivity index (χ2v) is 13.9. The molecular formula is C41H58O7. The summed E-state index contributed by atoms with van der Waals surface area (Å²) in [4.78, 5) is 24.0. The first-order valence-corrected chi connectivity index (χ1v) is 17.8. The van der Waals surface area contributed by atoms with E-state index in [1.54, 1.807) is 13.8 Å². The normalized spacial score (nSPS) is 16.3. The number of benzene rings is 2. The van der Waals surface area contributed by atoms with E-state index in [1.165, 1.54) is 50.5 Å². The van der Waals surface area contributed by atoms with Crippen molar-refractivity contribution < 1.29 is 34.0 Å². The van der Waals surface area contributed by atoms with E-state index in [0.29, 0.717) is 24.2 Å². The van der Waals surface area contributed by atoms with Crippen molar-refractivity contribution >= 4 is 11.9 Å². The third-order valence-corrected chi connectivity index (χ3v) is 9.67. The van der Waals surface area contributed by atoms with Crippen molar-refractivity contribution in [2.75, 3.05) is 33.0 Å². The van der Waals surface area contributed by atoms with Crippen LogP contribution in [0, 0.1) is 17.3 Å². The largest absolute Gasteiger partial charge is 0.492 e. The minimum Gasteiger partial charge on any atom is -0.492 e. The molecular weight excluding hydrogens is 604 g/mol. The third-order valence-electron chi connectivity index (χ3n) is 9.67. The summed E-state index contributed by atoms with van der Waals surface area (Å²) in [5.41, 5.74) is 5.02. The maximum absolute atomic E-state index is 12.0. The lowest BCUT2D eigenvalue weighted by atomic mass is 9.78. The van der Waals surface area contributed by atoms with Gasteiger partial charge in [-0.3, -0.25) is 0 Å². The van der Waals surface area contributed by atoms with Gasteiger partial charge in [-0.25, -0.2) is 9.59 Å². The monoisotopic (exact) mass is 662 g/mol. The first-order chi connectivity index (χ1) is 23.0. The Morgan fingerprint density at radius 2 is 1.42 bits per heavy atom. The zero-order chi connectivity index (χ0) is 35.1. The van der Waals surface area contributed by atoms with Crippen LogP contribution >= 0.6 is 0 Å². The maximum atomic E-state index is 12.0. The highest BCUT2D eigenvalue weighted by molar-refractivity contribution is 5.87. The van der Waals surface area contributed by atoms with E-state index in [9.17, 15) is 19.8 Å². The molecule has 0 unspecified atom stereocenters. The summed E-state index contributed by atoms with van der Waals surface area (Å²) in [6, 6.07) is 13.1. The minimum atomic E-state index is -1.20. The highest BCUT2D eigenvalue weighted by Crippen LogP contribution is 2.36. The third kappa shape index (κ3) is 11.6. The molecule has 2 N–H and O–H groups in total. The lowest BCUT2D eigenvalue weighted by Gasteiger charge is -2.30. The van der Waals surface area contributed by atoms with Gasteiger partial charge in [-0.1, -0.05) is 89.8 Å². The first kappa shape index (κ1) is 39.0. The molecule has 0 heterocycles. The Balaban J connectivity index is 1.79.